The van der Waals surface area contributed by atoms with E-state index in [1.165, 1.54) is 9.80 Å². The predicted molar refractivity (Wildman–Crippen MR) is 240 cm³/mol. The van der Waals surface area contributed by atoms with E-state index in [4.69, 9.17) is 19.2 Å². The summed E-state index contributed by atoms with van der Waals surface area (Å²) < 4.78 is 46.6. The largest absolute Gasteiger partial charge is 0.497 e. The maximum atomic E-state index is 15.5. The van der Waals surface area contributed by atoms with E-state index < -0.39 is 74.7 Å². The minimum Gasteiger partial charge on any atom is -0.497 e. The predicted octanol–water partition coefficient (Wildman–Crippen LogP) is 6.08. The SMILES string of the molecule is COc1ccc2c(O[C@@H]3C[C@H]4C(=O)N[C@]5(C(=O)NS(=O)(=O)C6CC6)C[C@H]5/C=C\CC[C@@H](C)C[C@@H](C)[C@H](N(C(=O)O)C5CC6C[C@H]6C5)C(=O)N4C3)nc(-c3ccc(OC(C)C)cn3)cc2c1. The van der Waals surface area contributed by atoms with Crippen LogP contribution < -0.4 is 24.2 Å². The van der Waals surface area contributed by atoms with E-state index in [1.807, 2.05) is 57.2 Å². The van der Waals surface area contributed by atoms with Crippen LogP contribution in [0, 0.1) is 29.6 Å². The van der Waals surface area contributed by atoms with E-state index in [1.54, 1.807) is 25.4 Å². The highest BCUT2D eigenvalue weighted by atomic mass is 32.2. The Hall–Kier alpha value is -5.45. The molecule has 0 spiro atoms. The normalized spacial score (nSPS) is 31.7. The summed E-state index contributed by atoms with van der Waals surface area (Å²) in [5.74, 6) is -0.391. The number of aromatic nitrogens is 2. The molecule has 348 valence electrons. The van der Waals surface area contributed by atoms with Gasteiger partial charge >= 0.3 is 6.09 Å². The number of fused-ring (bicyclic) bond motifs is 4. The zero-order valence-electron chi connectivity index (χ0n) is 37.6. The summed E-state index contributed by atoms with van der Waals surface area (Å²) in [6.45, 7) is 7.80. The lowest BCUT2D eigenvalue weighted by Crippen LogP contribution is -2.61. The molecule has 0 bridgehead atoms. The number of carbonyl (C=O) groups is 4. The van der Waals surface area contributed by atoms with Crippen LogP contribution in [0.1, 0.15) is 91.9 Å². The summed E-state index contributed by atoms with van der Waals surface area (Å²) in [7, 11) is -2.37. The van der Waals surface area contributed by atoms with Crippen LogP contribution >= 0.6 is 0 Å². The molecule has 2 unspecified atom stereocenters. The number of methoxy groups -OCH3 is 1. The number of benzene rings is 1. The maximum Gasteiger partial charge on any atom is 0.408 e. The number of pyridine rings is 2. The van der Waals surface area contributed by atoms with Crippen molar-refractivity contribution in [3.05, 3.63) is 54.7 Å². The van der Waals surface area contributed by atoms with Crippen molar-refractivity contribution in [1.82, 2.24) is 29.8 Å². The third-order valence-electron chi connectivity index (χ3n) is 14.4. The van der Waals surface area contributed by atoms with E-state index in [0.29, 0.717) is 78.6 Å². The molecule has 3 N–H and O–H groups in total. The monoisotopic (exact) mass is 912 g/mol. The van der Waals surface area contributed by atoms with E-state index in [-0.39, 0.29) is 43.3 Å². The van der Waals surface area contributed by atoms with Crippen molar-refractivity contribution in [1.29, 1.82) is 0 Å². The highest BCUT2D eigenvalue weighted by Crippen LogP contribution is 2.54. The summed E-state index contributed by atoms with van der Waals surface area (Å²) in [5, 5.41) is 14.6. The fourth-order valence-electron chi connectivity index (χ4n) is 10.7. The van der Waals surface area contributed by atoms with Gasteiger partial charge in [-0.25, -0.2) is 18.2 Å². The first-order valence-electron chi connectivity index (χ1n) is 23.2. The number of hydrogen-bond donors (Lipinski definition) is 3. The van der Waals surface area contributed by atoms with Gasteiger partial charge in [0.1, 0.15) is 35.2 Å². The van der Waals surface area contributed by atoms with Crippen LogP contribution in [-0.4, -0.2) is 112 Å². The lowest BCUT2D eigenvalue weighted by atomic mass is 9.86. The number of hydrogen-bond acceptors (Lipinski definition) is 11. The average Bonchev–Trinajstić information content (AvgIpc) is 4.23. The van der Waals surface area contributed by atoms with Crippen LogP contribution in [0.2, 0.25) is 0 Å². The summed E-state index contributed by atoms with van der Waals surface area (Å²) in [6.07, 6.45) is 8.94. The molecule has 3 aromatic rings. The standard InChI is InChI=1S/C48H60N6O10S/c1-26(2)63-35-11-15-39(49-24-35)40-21-31-20-34(62-5)10-14-38(31)44(50-40)64-36-22-41-43(55)51-48(46(57)52-65(60,61)37-12-13-37)23-32(48)9-7-6-8-27(3)16-28(4)42(45(56)53(41)25-36)54(47(58)59)33-18-29-17-30(29)19-33/h7,9-11,14-15,20-21,24,26-30,32-33,36-37,41-42H,6,8,12-13,16-19,22-23,25H2,1-5H3,(H,51,55)(H,52,57)(H,58,59)/b9-7-/t27-,28-,29+,30?,32-,33?,36-,41+,42+,48-/m1/s1. The van der Waals surface area contributed by atoms with Gasteiger partial charge in [0.25, 0.3) is 5.91 Å². The molecule has 65 heavy (non-hydrogen) atoms. The molecule has 0 radical (unpaired) electrons. The van der Waals surface area contributed by atoms with Crippen LogP contribution in [0.25, 0.3) is 22.2 Å². The Kier molecular flexibility index (Phi) is 12.0. The van der Waals surface area contributed by atoms with Crippen molar-refractivity contribution >= 4 is 44.6 Å². The van der Waals surface area contributed by atoms with Crippen LogP contribution in [0.3, 0.4) is 0 Å². The first kappa shape index (κ1) is 44.7. The van der Waals surface area contributed by atoms with E-state index in [2.05, 4.69) is 21.9 Å². The molecule has 1 aromatic carbocycles. The maximum absolute atomic E-state index is 15.5. The third kappa shape index (κ3) is 9.21. The summed E-state index contributed by atoms with van der Waals surface area (Å²) in [5.41, 5.74) is -0.516. The lowest BCUT2D eigenvalue weighted by Gasteiger charge is -2.40. The van der Waals surface area contributed by atoms with Gasteiger partial charge in [0.15, 0.2) is 0 Å². The molecule has 4 aliphatic carbocycles. The highest BCUT2D eigenvalue weighted by molar-refractivity contribution is 7.91. The van der Waals surface area contributed by atoms with Crippen molar-refractivity contribution in [3.8, 4) is 28.8 Å². The summed E-state index contributed by atoms with van der Waals surface area (Å²) in [4.78, 5) is 70.2. The number of rotatable bonds is 11. The fourth-order valence-corrected chi connectivity index (χ4v) is 12.0. The smallest absolute Gasteiger partial charge is 0.408 e. The fraction of sp³-hybridized carbons (Fsp3) is 0.583. The van der Waals surface area contributed by atoms with Crippen molar-refractivity contribution in [2.45, 2.75) is 133 Å². The Labute approximate surface area is 379 Å². The van der Waals surface area contributed by atoms with Crippen molar-refractivity contribution in [2.75, 3.05) is 13.7 Å². The molecule has 16 nitrogen and oxygen atoms in total. The molecule has 5 fully saturated rings. The third-order valence-corrected chi connectivity index (χ3v) is 16.2. The lowest BCUT2D eigenvalue weighted by molar-refractivity contribution is -0.145. The number of allylic oxidation sites excluding steroid dienone is 1. The van der Waals surface area contributed by atoms with Gasteiger partial charge in [0, 0.05) is 23.8 Å². The molecule has 10 atom stereocenters. The number of amides is 4. The number of nitrogens with one attached hydrogen (secondary N) is 2. The zero-order valence-corrected chi connectivity index (χ0v) is 38.5. The van der Waals surface area contributed by atoms with Crippen molar-refractivity contribution in [3.63, 3.8) is 0 Å². The molecule has 17 heteroatoms. The molecule has 2 aromatic heterocycles. The van der Waals surface area contributed by atoms with Gasteiger partial charge in [-0.3, -0.25) is 29.0 Å². The quantitative estimate of drug-likeness (QED) is 0.187. The molecule has 4 amide bonds. The summed E-state index contributed by atoms with van der Waals surface area (Å²) in [6, 6.07) is 8.34. The first-order valence-corrected chi connectivity index (χ1v) is 24.7. The average molecular weight is 913 g/mol. The molecule has 6 aliphatic rings. The molecule has 4 heterocycles. The molecule has 1 saturated heterocycles. The Balaban J connectivity index is 1.09. The van der Waals surface area contributed by atoms with Gasteiger partial charge in [-0.05, 0) is 137 Å². The van der Waals surface area contributed by atoms with Gasteiger partial charge in [-0.1, -0.05) is 26.0 Å². The van der Waals surface area contributed by atoms with E-state index >= 15 is 4.79 Å². The van der Waals surface area contributed by atoms with Gasteiger partial charge in [-0.15, -0.1) is 0 Å². The first-order chi connectivity index (χ1) is 31.0. The highest BCUT2D eigenvalue weighted by Gasteiger charge is 2.62. The zero-order chi connectivity index (χ0) is 45.9. The number of carboxylic acid groups (broad SMARTS) is 1. The molecular formula is C48H60N6O10S. The number of ether oxygens (including phenoxy) is 3. The van der Waals surface area contributed by atoms with Crippen LogP contribution in [0.5, 0.6) is 17.4 Å². The van der Waals surface area contributed by atoms with Crippen LogP contribution in [0.15, 0.2) is 54.7 Å². The van der Waals surface area contributed by atoms with Gasteiger partial charge in [0.05, 0.1) is 42.6 Å². The Morgan fingerprint density at radius 3 is 2.42 bits per heavy atom. The Morgan fingerprint density at radius 2 is 1.74 bits per heavy atom. The van der Waals surface area contributed by atoms with Gasteiger partial charge in [0.2, 0.25) is 27.7 Å². The second-order valence-electron chi connectivity index (χ2n) is 19.7. The van der Waals surface area contributed by atoms with Crippen LogP contribution in [0.4, 0.5) is 4.79 Å². The van der Waals surface area contributed by atoms with E-state index in [9.17, 15) is 27.9 Å². The minimum absolute atomic E-state index is 0.0165. The second-order valence-corrected chi connectivity index (χ2v) is 21.7. The number of nitrogens with zero attached hydrogens (tertiary/aromatic N) is 4. The topological polar surface area (TPSA) is 207 Å². The minimum atomic E-state index is -3.95. The van der Waals surface area contributed by atoms with Gasteiger partial charge in [-0.2, -0.15) is 0 Å². The van der Waals surface area contributed by atoms with Crippen molar-refractivity contribution in [2.24, 2.45) is 29.6 Å². The summed E-state index contributed by atoms with van der Waals surface area (Å²) >= 11 is 0. The number of carbonyl (C=O) groups excluding carboxylic acids is 3. The number of sulfonamides is 1. The van der Waals surface area contributed by atoms with Crippen molar-refractivity contribution < 1.29 is 46.9 Å². The second kappa shape index (κ2) is 17.4. The van der Waals surface area contributed by atoms with Gasteiger partial charge < -0.3 is 29.5 Å². The Bertz CT molecular complexity index is 2490. The van der Waals surface area contributed by atoms with E-state index in [0.717, 1.165) is 18.2 Å². The molecule has 9 rings (SSSR count). The van der Waals surface area contributed by atoms with Crippen LogP contribution in [-0.2, 0) is 24.4 Å². The Morgan fingerprint density at radius 1 is 0.985 bits per heavy atom. The molecular weight excluding hydrogens is 853 g/mol. The molecule has 4 saturated carbocycles. The molecule has 2 aliphatic heterocycles.